The Morgan fingerprint density at radius 2 is 2.39 bits per heavy atom. The highest BCUT2D eigenvalue weighted by Crippen LogP contribution is 2.19. The van der Waals surface area contributed by atoms with Crippen molar-refractivity contribution < 1.29 is 4.74 Å². The van der Waals surface area contributed by atoms with Crippen LogP contribution in [0.3, 0.4) is 0 Å². The molecule has 100 valence electrons. The lowest BCUT2D eigenvalue weighted by molar-refractivity contribution is 0.0439. The van der Waals surface area contributed by atoms with E-state index in [4.69, 9.17) is 16.3 Å². The lowest BCUT2D eigenvalue weighted by Crippen LogP contribution is -2.40. The van der Waals surface area contributed by atoms with Gasteiger partial charge in [-0.15, -0.1) is 11.6 Å². The lowest BCUT2D eigenvalue weighted by Gasteiger charge is -2.33. The fraction of sp³-hybridized carbons (Fsp3) is 0.692. The number of aromatic nitrogens is 2. The monoisotopic (exact) mass is 269 g/mol. The van der Waals surface area contributed by atoms with E-state index in [9.17, 15) is 0 Å². The van der Waals surface area contributed by atoms with E-state index in [2.05, 4.69) is 21.8 Å². The normalized spacial score (nSPS) is 20.1. The third-order valence-electron chi connectivity index (χ3n) is 3.07. The number of alkyl halides is 1. The third-order valence-corrected chi connectivity index (χ3v) is 3.34. The Kier molecular flexibility index (Phi) is 5.20. The average Bonchev–Trinajstić information content (AvgIpc) is 2.45. The number of halogens is 1. The second kappa shape index (κ2) is 6.90. The van der Waals surface area contributed by atoms with Gasteiger partial charge >= 0.3 is 0 Å². The van der Waals surface area contributed by atoms with Crippen molar-refractivity contribution in [3.63, 3.8) is 0 Å². The zero-order valence-corrected chi connectivity index (χ0v) is 11.6. The first-order chi connectivity index (χ1) is 8.83. The topological polar surface area (TPSA) is 38.2 Å². The van der Waals surface area contributed by atoms with Crippen LogP contribution in [-0.4, -0.2) is 35.8 Å². The number of anilines is 1. The van der Waals surface area contributed by atoms with Gasteiger partial charge in [0.25, 0.3) is 0 Å². The van der Waals surface area contributed by atoms with Crippen molar-refractivity contribution in [3.05, 3.63) is 18.1 Å². The van der Waals surface area contributed by atoms with Crippen molar-refractivity contribution in [2.24, 2.45) is 0 Å². The SMILES string of the molecule is CCCOC1CCCN(c2cncc(CCl)n2)C1. The molecule has 1 unspecified atom stereocenters. The summed E-state index contributed by atoms with van der Waals surface area (Å²) in [5, 5.41) is 0. The number of nitrogens with zero attached hydrogens (tertiary/aromatic N) is 3. The molecule has 5 heteroatoms. The van der Waals surface area contributed by atoms with E-state index < -0.39 is 0 Å². The molecule has 0 bridgehead atoms. The van der Waals surface area contributed by atoms with Crippen LogP contribution < -0.4 is 4.90 Å². The Labute approximate surface area is 113 Å². The molecule has 1 aliphatic heterocycles. The summed E-state index contributed by atoms with van der Waals surface area (Å²) in [6, 6.07) is 0. The molecule has 1 fully saturated rings. The second-order valence-electron chi connectivity index (χ2n) is 4.58. The summed E-state index contributed by atoms with van der Waals surface area (Å²) >= 11 is 5.79. The van der Waals surface area contributed by atoms with Gasteiger partial charge in [-0.25, -0.2) is 4.98 Å². The molecule has 0 N–H and O–H groups in total. The first-order valence-corrected chi connectivity index (χ1v) is 7.10. The summed E-state index contributed by atoms with van der Waals surface area (Å²) in [4.78, 5) is 10.9. The fourth-order valence-electron chi connectivity index (χ4n) is 2.18. The van der Waals surface area contributed by atoms with Crippen molar-refractivity contribution in [2.75, 3.05) is 24.6 Å². The van der Waals surface area contributed by atoms with E-state index in [1.807, 2.05) is 0 Å². The van der Waals surface area contributed by atoms with Crippen molar-refractivity contribution in [2.45, 2.75) is 38.2 Å². The van der Waals surface area contributed by atoms with Crippen LogP contribution in [0.4, 0.5) is 5.82 Å². The quantitative estimate of drug-likeness (QED) is 0.770. The summed E-state index contributed by atoms with van der Waals surface area (Å²) in [5.74, 6) is 1.32. The van der Waals surface area contributed by atoms with E-state index in [1.165, 1.54) is 0 Å². The van der Waals surface area contributed by atoms with Crippen molar-refractivity contribution in [3.8, 4) is 0 Å². The molecule has 2 rings (SSSR count). The smallest absolute Gasteiger partial charge is 0.147 e. The minimum absolute atomic E-state index is 0.320. The van der Waals surface area contributed by atoms with Gasteiger partial charge in [0.1, 0.15) is 5.82 Å². The maximum Gasteiger partial charge on any atom is 0.147 e. The standard InChI is InChI=1S/C13H20ClN3O/c1-2-6-18-12-4-3-5-17(10-12)13-9-15-8-11(7-14)16-13/h8-9,12H,2-7,10H2,1H3. The number of piperidine rings is 1. The summed E-state index contributed by atoms with van der Waals surface area (Å²) in [5.41, 5.74) is 0.825. The number of hydrogen-bond acceptors (Lipinski definition) is 4. The molecular formula is C13H20ClN3O. The van der Waals surface area contributed by atoms with Gasteiger partial charge in [0.15, 0.2) is 0 Å². The van der Waals surface area contributed by atoms with Gasteiger partial charge in [0, 0.05) is 25.9 Å². The fourth-order valence-corrected chi connectivity index (χ4v) is 2.31. The van der Waals surface area contributed by atoms with Gasteiger partial charge in [-0.3, -0.25) is 4.98 Å². The largest absolute Gasteiger partial charge is 0.376 e. The lowest BCUT2D eigenvalue weighted by atomic mass is 10.1. The predicted octanol–water partition coefficient (Wildman–Crippen LogP) is 2.61. The van der Waals surface area contributed by atoms with Crippen molar-refractivity contribution >= 4 is 17.4 Å². The summed E-state index contributed by atoms with van der Waals surface area (Å²) in [7, 11) is 0. The van der Waals surface area contributed by atoms with E-state index in [1.54, 1.807) is 12.4 Å². The van der Waals surface area contributed by atoms with Gasteiger partial charge in [0.2, 0.25) is 0 Å². The zero-order valence-electron chi connectivity index (χ0n) is 10.8. The maximum atomic E-state index is 5.82. The third kappa shape index (κ3) is 3.56. The van der Waals surface area contributed by atoms with Crippen LogP contribution in [0.1, 0.15) is 31.9 Å². The van der Waals surface area contributed by atoms with Gasteiger partial charge in [-0.2, -0.15) is 0 Å². The highest BCUT2D eigenvalue weighted by molar-refractivity contribution is 6.16. The molecule has 1 atom stereocenters. The molecule has 1 saturated heterocycles. The van der Waals surface area contributed by atoms with Gasteiger partial charge in [0.05, 0.1) is 23.9 Å². The Hall–Kier alpha value is -0.870. The molecule has 0 radical (unpaired) electrons. The first kappa shape index (κ1) is 13.6. The molecule has 0 aliphatic carbocycles. The average molecular weight is 270 g/mol. The van der Waals surface area contributed by atoms with Crippen LogP contribution in [0.25, 0.3) is 0 Å². The zero-order chi connectivity index (χ0) is 12.8. The minimum Gasteiger partial charge on any atom is -0.376 e. The van der Waals surface area contributed by atoms with Crippen LogP contribution in [0.2, 0.25) is 0 Å². The van der Waals surface area contributed by atoms with E-state index in [-0.39, 0.29) is 0 Å². The van der Waals surface area contributed by atoms with E-state index >= 15 is 0 Å². The Bertz CT molecular complexity index is 375. The van der Waals surface area contributed by atoms with E-state index in [0.717, 1.165) is 50.5 Å². The minimum atomic E-state index is 0.320. The van der Waals surface area contributed by atoms with Crippen molar-refractivity contribution in [1.29, 1.82) is 0 Å². The molecule has 0 aromatic carbocycles. The highest BCUT2D eigenvalue weighted by Gasteiger charge is 2.21. The Morgan fingerprint density at radius 3 is 3.17 bits per heavy atom. The summed E-state index contributed by atoms with van der Waals surface area (Å²) in [6.45, 7) is 4.90. The second-order valence-corrected chi connectivity index (χ2v) is 4.85. The van der Waals surface area contributed by atoms with Crippen molar-refractivity contribution in [1.82, 2.24) is 9.97 Å². The van der Waals surface area contributed by atoms with Gasteiger partial charge in [-0.05, 0) is 19.3 Å². The molecule has 1 aromatic rings. The molecule has 1 aliphatic rings. The number of hydrogen-bond donors (Lipinski definition) is 0. The molecule has 0 saturated carbocycles. The highest BCUT2D eigenvalue weighted by atomic mass is 35.5. The number of rotatable bonds is 5. The molecule has 1 aromatic heterocycles. The molecule has 2 heterocycles. The van der Waals surface area contributed by atoms with Crippen LogP contribution in [0.5, 0.6) is 0 Å². The van der Waals surface area contributed by atoms with Gasteiger partial charge < -0.3 is 9.64 Å². The molecule has 0 amide bonds. The maximum absolute atomic E-state index is 5.82. The van der Waals surface area contributed by atoms with Crippen LogP contribution in [0.15, 0.2) is 12.4 Å². The number of ether oxygens (including phenoxy) is 1. The molecule has 0 spiro atoms. The summed E-state index contributed by atoms with van der Waals surface area (Å²) in [6.07, 6.45) is 7.18. The molecular weight excluding hydrogens is 250 g/mol. The Morgan fingerprint density at radius 1 is 1.50 bits per heavy atom. The Balaban J connectivity index is 1.98. The molecule has 18 heavy (non-hydrogen) atoms. The van der Waals surface area contributed by atoms with Crippen LogP contribution in [0, 0.1) is 0 Å². The first-order valence-electron chi connectivity index (χ1n) is 6.57. The molecule has 4 nitrogen and oxygen atoms in total. The van der Waals surface area contributed by atoms with E-state index in [0.29, 0.717) is 12.0 Å². The summed E-state index contributed by atoms with van der Waals surface area (Å²) < 4.78 is 5.82. The van der Waals surface area contributed by atoms with Crippen LogP contribution in [-0.2, 0) is 10.6 Å². The van der Waals surface area contributed by atoms with Gasteiger partial charge in [-0.1, -0.05) is 6.92 Å². The van der Waals surface area contributed by atoms with Crippen LogP contribution >= 0.6 is 11.6 Å². The predicted molar refractivity (Wildman–Crippen MR) is 73.1 cm³/mol.